The van der Waals surface area contributed by atoms with Crippen LogP contribution in [0.25, 0.3) is 0 Å². The molecule has 0 unspecified atom stereocenters. The fraction of sp³-hybridized carbons (Fsp3) is 0.533. The van der Waals surface area contributed by atoms with E-state index in [9.17, 15) is 4.79 Å². The van der Waals surface area contributed by atoms with Crippen molar-refractivity contribution in [2.24, 2.45) is 5.92 Å². The molecular formula is C15H23N3O. The summed E-state index contributed by atoms with van der Waals surface area (Å²) in [4.78, 5) is 14.0. The van der Waals surface area contributed by atoms with Gasteiger partial charge in [0.05, 0.1) is 6.54 Å². The van der Waals surface area contributed by atoms with Crippen LogP contribution >= 0.6 is 0 Å². The molecule has 1 aliphatic heterocycles. The lowest BCUT2D eigenvalue weighted by Gasteiger charge is -2.19. The molecule has 0 fully saturated rings. The van der Waals surface area contributed by atoms with Crippen LogP contribution in [0.15, 0.2) is 18.2 Å². The molecule has 1 aromatic rings. The molecule has 3 N–H and O–H groups in total. The summed E-state index contributed by atoms with van der Waals surface area (Å²) >= 11 is 0. The topological polar surface area (TPSA) is 58.4 Å². The number of hydrogen-bond acceptors (Lipinski definition) is 3. The SMILES string of the molecule is CC(C)CCNC(=O)CN1CCc2cc(N)ccc21. The summed E-state index contributed by atoms with van der Waals surface area (Å²) in [6.45, 7) is 6.42. The van der Waals surface area contributed by atoms with Crippen molar-refractivity contribution in [1.82, 2.24) is 5.32 Å². The molecule has 4 heteroatoms. The highest BCUT2D eigenvalue weighted by Gasteiger charge is 2.20. The number of benzene rings is 1. The lowest BCUT2D eigenvalue weighted by Crippen LogP contribution is -2.37. The summed E-state index contributed by atoms with van der Waals surface area (Å²) in [5.41, 5.74) is 8.96. The highest BCUT2D eigenvalue weighted by molar-refractivity contribution is 5.82. The highest BCUT2D eigenvalue weighted by atomic mass is 16.2. The molecule has 1 aliphatic rings. The molecule has 0 spiro atoms. The maximum absolute atomic E-state index is 11.9. The first-order chi connectivity index (χ1) is 9.06. The Morgan fingerprint density at radius 3 is 3.00 bits per heavy atom. The lowest BCUT2D eigenvalue weighted by molar-refractivity contribution is -0.119. The molecule has 0 saturated heterocycles. The first kappa shape index (κ1) is 13.7. The average molecular weight is 261 g/mol. The first-order valence-electron chi connectivity index (χ1n) is 6.96. The quantitative estimate of drug-likeness (QED) is 0.795. The number of hydrogen-bond donors (Lipinski definition) is 2. The Kier molecular flexibility index (Phi) is 4.30. The fourth-order valence-corrected chi connectivity index (χ4v) is 2.38. The van der Waals surface area contributed by atoms with Gasteiger partial charge in [-0.1, -0.05) is 13.8 Å². The second-order valence-corrected chi connectivity index (χ2v) is 5.59. The van der Waals surface area contributed by atoms with Crippen molar-refractivity contribution in [3.63, 3.8) is 0 Å². The normalized spacial score (nSPS) is 13.7. The Balaban J connectivity index is 1.87. The third kappa shape index (κ3) is 3.63. The van der Waals surface area contributed by atoms with Crippen molar-refractivity contribution in [1.29, 1.82) is 0 Å². The number of nitrogen functional groups attached to an aromatic ring is 1. The van der Waals surface area contributed by atoms with Crippen LogP contribution in [-0.4, -0.2) is 25.5 Å². The van der Waals surface area contributed by atoms with E-state index in [1.54, 1.807) is 0 Å². The van der Waals surface area contributed by atoms with Gasteiger partial charge in [0.25, 0.3) is 0 Å². The van der Waals surface area contributed by atoms with Gasteiger partial charge in [0.2, 0.25) is 5.91 Å². The summed E-state index contributed by atoms with van der Waals surface area (Å²) in [6.07, 6.45) is 2.00. The zero-order valence-corrected chi connectivity index (χ0v) is 11.8. The number of amides is 1. The van der Waals surface area contributed by atoms with Crippen LogP contribution in [0.1, 0.15) is 25.8 Å². The molecule has 0 aliphatic carbocycles. The Morgan fingerprint density at radius 2 is 2.26 bits per heavy atom. The van der Waals surface area contributed by atoms with E-state index < -0.39 is 0 Å². The summed E-state index contributed by atoms with van der Waals surface area (Å²) in [5.74, 6) is 0.723. The van der Waals surface area contributed by atoms with Crippen LogP contribution in [0.4, 0.5) is 11.4 Å². The smallest absolute Gasteiger partial charge is 0.239 e. The molecule has 0 atom stereocenters. The molecule has 1 amide bonds. The molecule has 0 aromatic heterocycles. The molecule has 0 saturated carbocycles. The zero-order valence-electron chi connectivity index (χ0n) is 11.8. The van der Waals surface area contributed by atoms with Crippen LogP contribution in [0, 0.1) is 5.92 Å². The second-order valence-electron chi connectivity index (χ2n) is 5.59. The van der Waals surface area contributed by atoms with Gasteiger partial charge in [0, 0.05) is 24.5 Å². The van der Waals surface area contributed by atoms with E-state index >= 15 is 0 Å². The number of fused-ring (bicyclic) bond motifs is 1. The van der Waals surface area contributed by atoms with Crippen molar-refractivity contribution in [2.75, 3.05) is 30.3 Å². The van der Waals surface area contributed by atoms with Crippen LogP contribution in [0.2, 0.25) is 0 Å². The van der Waals surface area contributed by atoms with Crippen LogP contribution in [-0.2, 0) is 11.2 Å². The monoisotopic (exact) mass is 261 g/mol. The summed E-state index contributed by atoms with van der Waals surface area (Å²) in [5, 5.41) is 2.98. The van der Waals surface area contributed by atoms with Gasteiger partial charge in [0.15, 0.2) is 0 Å². The van der Waals surface area contributed by atoms with Gasteiger partial charge in [-0.3, -0.25) is 4.79 Å². The Bertz CT molecular complexity index is 457. The highest BCUT2D eigenvalue weighted by Crippen LogP contribution is 2.29. The van der Waals surface area contributed by atoms with Gasteiger partial charge in [-0.2, -0.15) is 0 Å². The minimum Gasteiger partial charge on any atom is -0.399 e. The van der Waals surface area contributed by atoms with Gasteiger partial charge in [-0.25, -0.2) is 0 Å². The van der Waals surface area contributed by atoms with Crippen LogP contribution in [0.5, 0.6) is 0 Å². The number of nitrogens with two attached hydrogens (primary N) is 1. The van der Waals surface area contributed by atoms with Crippen LogP contribution in [0.3, 0.4) is 0 Å². The molecule has 1 aromatic carbocycles. The predicted octanol–water partition coefficient (Wildman–Crippen LogP) is 1.79. The maximum Gasteiger partial charge on any atom is 0.239 e. The van der Waals surface area contributed by atoms with Crippen molar-refractivity contribution >= 4 is 17.3 Å². The van der Waals surface area contributed by atoms with Gasteiger partial charge >= 0.3 is 0 Å². The molecule has 0 radical (unpaired) electrons. The van der Waals surface area contributed by atoms with E-state index in [1.165, 1.54) is 5.56 Å². The van der Waals surface area contributed by atoms with Gasteiger partial charge in [-0.15, -0.1) is 0 Å². The summed E-state index contributed by atoms with van der Waals surface area (Å²) < 4.78 is 0. The van der Waals surface area contributed by atoms with Crippen LogP contribution < -0.4 is 16.0 Å². The first-order valence-corrected chi connectivity index (χ1v) is 6.96. The largest absolute Gasteiger partial charge is 0.399 e. The van der Waals surface area contributed by atoms with Gasteiger partial charge in [-0.05, 0) is 42.5 Å². The van der Waals surface area contributed by atoms with Crippen molar-refractivity contribution in [3.8, 4) is 0 Å². The van der Waals surface area contributed by atoms with E-state index in [0.717, 1.165) is 37.3 Å². The molecule has 2 rings (SSSR count). The summed E-state index contributed by atoms with van der Waals surface area (Å²) in [7, 11) is 0. The molecule has 1 heterocycles. The summed E-state index contributed by atoms with van der Waals surface area (Å²) in [6, 6.07) is 5.92. The number of nitrogens with zero attached hydrogens (tertiary/aromatic N) is 1. The number of carbonyl (C=O) groups excluding carboxylic acids is 1. The van der Waals surface area contributed by atoms with E-state index in [-0.39, 0.29) is 5.91 Å². The third-order valence-corrected chi connectivity index (χ3v) is 3.47. The van der Waals surface area contributed by atoms with Gasteiger partial charge < -0.3 is 16.0 Å². The Hall–Kier alpha value is -1.71. The Morgan fingerprint density at radius 1 is 1.47 bits per heavy atom. The van der Waals surface area contributed by atoms with Crippen molar-refractivity contribution in [2.45, 2.75) is 26.7 Å². The average Bonchev–Trinajstić information content (AvgIpc) is 2.71. The molecule has 4 nitrogen and oxygen atoms in total. The van der Waals surface area contributed by atoms with E-state index in [2.05, 4.69) is 24.1 Å². The number of anilines is 2. The second kappa shape index (κ2) is 5.95. The molecule has 19 heavy (non-hydrogen) atoms. The zero-order chi connectivity index (χ0) is 13.8. The van der Waals surface area contributed by atoms with Crippen molar-refractivity contribution < 1.29 is 4.79 Å². The number of rotatable bonds is 5. The third-order valence-electron chi connectivity index (χ3n) is 3.47. The van der Waals surface area contributed by atoms with Gasteiger partial charge in [0.1, 0.15) is 0 Å². The van der Waals surface area contributed by atoms with E-state index in [4.69, 9.17) is 5.73 Å². The number of nitrogens with one attached hydrogen (secondary N) is 1. The Labute approximate surface area is 115 Å². The van der Waals surface area contributed by atoms with Crippen molar-refractivity contribution in [3.05, 3.63) is 23.8 Å². The molecule has 0 bridgehead atoms. The molecular weight excluding hydrogens is 238 g/mol. The predicted molar refractivity (Wildman–Crippen MR) is 79.2 cm³/mol. The number of carbonyl (C=O) groups is 1. The standard InChI is InChI=1S/C15H23N3O/c1-11(2)5-7-17-15(19)10-18-8-6-12-9-13(16)3-4-14(12)18/h3-4,9,11H,5-8,10,16H2,1-2H3,(H,17,19). The minimum absolute atomic E-state index is 0.102. The van der Waals surface area contributed by atoms with E-state index in [0.29, 0.717) is 12.5 Å². The molecule has 104 valence electrons. The maximum atomic E-state index is 11.9. The fourth-order valence-electron chi connectivity index (χ4n) is 2.38. The van der Waals surface area contributed by atoms with E-state index in [1.807, 2.05) is 18.2 Å². The minimum atomic E-state index is 0.102. The lowest BCUT2D eigenvalue weighted by atomic mass is 10.1.